The van der Waals surface area contributed by atoms with Crippen LogP contribution in [0.4, 0.5) is 0 Å². The maximum atomic E-state index is 13.6. The van der Waals surface area contributed by atoms with E-state index in [4.69, 9.17) is 0 Å². The van der Waals surface area contributed by atoms with Crippen LogP contribution < -0.4 is 0 Å². The van der Waals surface area contributed by atoms with Gasteiger partial charge in [0.15, 0.2) is 0 Å². The van der Waals surface area contributed by atoms with Crippen molar-refractivity contribution in [3.8, 4) is 0 Å². The molecule has 1 unspecified atom stereocenters. The van der Waals surface area contributed by atoms with Gasteiger partial charge in [0.1, 0.15) is 0 Å². The first-order valence-electron chi connectivity index (χ1n) is 11.5. The molecule has 1 aromatic heterocycles. The summed E-state index contributed by atoms with van der Waals surface area (Å²) in [5.74, 6) is -0.171. The molecule has 0 spiro atoms. The van der Waals surface area contributed by atoms with Gasteiger partial charge >= 0.3 is 0 Å². The maximum absolute atomic E-state index is 13.6. The van der Waals surface area contributed by atoms with Crippen LogP contribution in [0.3, 0.4) is 0 Å². The largest absolute Gasteiger partial charge is 0.330 e. The minimum atomic E-state index is -3.75. The molecule has 0 radical (unpaired) electrons. The van der Waals surface area contributed by atoms with Crippen LogP contribution in [0.1, 0.15) is 46.5 Å². The van der Waals surface area contributed by atoms with Crippen molar-refractivity contribution >= 4 is 33.3 Å². The third kappa shape index (κ3) is 5.32. The Morgan fingerprint density at radius 2 is 1.82 bits per heavy atom. The Bertz CT molecular complexity index is 1270. The third-order valence-electron chi connectivity index (χ3n) is 6.15. The number of rotatable bonds is 8. The van der Waals surface area contributed by atoms with Crippen LogP contribution in [0.2, 0.25) is 0 Å². The summed E-state index contributed by atoms with van der Waals surface area (Å²) in [7, 11) is -3.75. The predicted molar refractivity (Wildman–Crippen MR) is 139 cm³/mol. The van der Waals surface area contributed by atoms with E-state index in [1.54, 1.807) is 17.4 Å². The molecule has 0 fully saturated rings. The van der Waals surface area contributed by atoms with E-state index < -0.39 is 10.0 Å². The number of fused-ring (bicyclic) bond motifs is 1. The Morgan fingerprint density at radius 3 is 2.56 bits per heavy atom. The first-order chi connectivity index (χ1) is 16.4. The van der Waals surface area contributed by atoms with E-state index in [-0.39, 0.29) is 18.5 Å². The molecule has 1 aliphatic rings. The van der Waals surface area contributed by atoms with Crippen molar-refractivity contribution in [1.29, 1.82) is 0 Å². The Morgan fingerprint density at radius 1 is 1.09 bits per heavy atom. The van der Waals surface area contributed by atoms with Crippen LogP contribution in [0.15, 0.2) is 71.5 Å². The number of benzene rings is 2. The Kier molecular flexibility index (Phi) is 7.66. The van der Waals surface area contributed by atoms with Gasteiger partial charge in [0.2, 0.25) is 15.9 Å². The number of aryl methyl sites for hydroxylation is 1. The van der Waals surface area contributed by atoms with Gasteiger partial charge in [0.05, 0.1) is 12.6 Å². The van der Waals surface area contributed by atoms with Crippen LogP contribution in [-0.4, -0.2) is 43.2 Å². The monoisotopic (exact) mass is 494 g/mol. The lowest BCUT2D eigenvalue weighted by molar-refractivity contribution is -0.133. The summed E-state index contributed by atoms with van der Waals surface area (Å²) in [6.45, 7) is 4.67. The number of hydrogen-bond acceptors (Lipinski definition) is 4. The zero-order valence-electron chi connectivity index (χ0n) is 19.6. The lowest BCUT2D eigenvalue weighted by Crippen LogP contribution is -2.46. The van der Waals surface area contributed by atoms with E-state index in [1.165, 1.54) is 14.6 Å². The summed E-state index contributed by atoms with van der Waals surface area (Å²) in [5, 5.41) is 3.28. The second-order valence-electron chi connectivity index (χ2n) is 8.49. The molecule has 1 aliphatic heterocycles. The topological polar surface area (TPSA) is 57.7 Å². The van der Waals surface area contributed by atoms with Crippen LogP contribution in [0, 0.1) is 6.92 Å². The van der Waals surface area contributed by atoms with Gasteiger partial charge in [0.25, 0.3) is 0 Å². The van der Waals surface area contributed by atoms with E-state index in [0.717, 1.165) is 28.7 Å². The number of sulfonamides is 1. The van der Waals surface area contributed by atoms with Crippen LogP contribution in [0.25, 0.3) is 6.08 Å². The molecule has 2 heterocycles. The number of thiophene rings is 1. The molecule has 0 aliphatic carbocycles. The highest BCUT2D eigenvalue weighted by atomic mass is 32.2. The lowest BCUT2D eigenvalue weighted by Gasteiger charge is -2.38. The summed E-state index contributed by atoms with van der Waals surface area (Å²) >= 11 is 1.72. The molecular formula is C27H30N2O3S2. The molecule has 34 heavy (non-hydrogen) atoms. The Labute approximate surface area is 206 Å². The van der Waals surface area contributed by atoms with Gasteiger partial charge in [-0.2, -0.15) is 4.31 Å². The highest BCUT2D eigenvalue weighted by Crippen LogP contribution is 2.39. The zero-order chi connectivity index (χ0) is 24.1. The molecule has 7 heteroatoms. The van der Waals surface area contributed by atoms with Gasteiger partial charge in [-0.05, 0) is 59.5 Å². The molecular weight excluding hydrogens is 464 g/mol. The number of carbonyl (C=O) groups is 1. The van der Waals surface area contributed by atoms with Crippen molar-refractivity contribution in [2.24, 2.45) is 0 Å². The van der Waals surface area contributed by atoms with Gasteiger partial charge in [-0.1, -0.05) is 61.5 Å². The van der Waals surface area contributed by atoms with E-state index in [0.29, 0.717) is 19.5 Å². The van der Waals surface area contributed by atoms with Crippen molar-refractivity contribution in [2.45, 2.75) is 32.7 Å². The molecule has 0 saturated heterocycles. The predicted octanol–water partition coefficient (Wildman–Crippen LogP) is 5.24. The normalized spacial score (nSPS) is 16.2. The molecule has 0 N–H and O–H groups in total. The Balaban J connectivity index is 1.61. The minimum Gasteiger partial charge on any atom is -0.330 e. The van der Waals surface area contributed by atoms with Crippen molar-refractivity contribution < 1.29 is 13.2 Å². The average molecular weight is 495 g/mol. The van der Waals surface area contributed by atoms with Crippen LogP contribution >= 0.6 is 11.3 Å². The number of nitrogens with zero attached hydrogens (tertiary/aromatic N) is 2. The second kappa shape index (κ2) is 10.7. The van der Waals surface area contributed by atoms with Gasteiger partial charge in [-0.25, -0.2) is 8.42 Å². The van der Waals surface area contributed by atoms with Crippen molar-refractivity contribution in [1.82, 2.24) is 9.21 Å². The number of carbonyl (C=O) groups excluding carboxylic acids is 1. The van der Waals surface area contributed by atoms with E-state index in [9.17, 15) is 13.2 Å². The summed E-state index contributed by atoms with van der Waals surface area (Å²) in [5.41, 5.74) is 4.15. The highest BCUT2D eigenvalue weighted by molar-refractivity contribution is 7.92. The molecule has 178 valence electrons. The fourth-order valence-electron chi connectivity index (χ4n) is 4.42. The van der Waals surface area contributed by atoms with E-state index in [2.05, 4.69) is 30.5 Å². The van der Waals surface area contributed by atoms with Gasteiger partial charge in [-0.15, -0.1) is 11.3 Å². The zero-order valence-corrected chi connectivity index (χ0v) is 21.2. The van der Waals surface area contributed by atoms with E-state index in [1.807, 2.05) is 54.3 Å². The van der Waals surface area contributed by atoms with Crippen LogP contribution in [0.5, 0.6) is 0 Å². The fraction of sp³-hybridized carbons (Fsp3) is 0.296. The molecule has 3 aromatic rings. The third-order valence-corrected chi connectivity index (χ3v) is 8.65. The van der Waals surface area contributed by atoms with E-state index >= 15 is 0 Å². The smallest absolute Gasteiger partial charge is 0.238 e. The number of amides is 1. The highest BCUT2D eigenvalue weighted by Gasteiger charge is 2.35. The van der Waals surface area contributed by atoms with Gasteiger partial charge < -0.3 is 4.90 Å². The maximum Gasteiger partial charge on any atom is 0.238 e. The van der Waals surface area contributed by atoms with Gasteiger partial charge in [0, 0.05) is 23.4 Å². The summed E-state index contributed by atoms with van der Waals surface area (Å²) in [6, 6.07) is 19.3. The first kappa shape index (κ1) is 24.4. The van der Waals surface area contributed by atoms with Crippen LogP contribution in [-0.2, 0) is 21.2 Å². The molecule has 0 saturated carbocycles. The molecule has 4 rings (SSSR count). The summed E-state index contributed by atoms with van der Waals surface area (Å²) in [4.78, 5) is 16.8. The fourth-order valence-corrected chi connectivity index (χ4v) is 6.55. The molecule has 5 nitrogen and oxygen atoms in total. The Hall–Kier alpha value is -2.74. The summed E-state index contributed by atoms with van der Waals surface area (Å²) < 4.78 is 27.6. The minimum absolute atomic E-state index is 0.169. The second-order valence-corrected chi connectivity index (χ2v) is 11.3. The molecule has 2 aromatic carbocycles. The average Bonchev–Trinajstić information content (AvgIpc) is 3.32. The first-order valence-corrected chi connectivity index (χ1v) is 13.9. The standard InChI is InChI=1S/C27H30N2O3S2/c1-3-16-28(34(31,32)19-15-22-10-5-4-6-11-22)20-26(30)29-17-13-25-24(14-18-33-25)27(29)23-12-8-7-9-21(23)2/h4-12,14-15,18-19,27H,3,13,16-17,20H2,1-2H3. The number of hydrogen-bond donors (Lipinski definition) is 0. The molecule has 0 bridgehead atoms. The van der Waals surface area contributed by atoms with Crippen molar-refractivity contribution in [3.63, 3.8) is 0 Å². The van der Waals surface area contributed by atoms with Crippen molar-refractivity contribution in [3.05, 3.63) is 98.6 Å². The molecule has 1 atom stereocenters. The van der Waals surface area contributed by atoms with Crippen molar-refractivity contribution in [2.75, 3.05) is 19.6 Å². The SMILES string of the molecule is CCCN(CC(=O)N1CCc2sccc2C1c1ccccc1C)S(=O)(=O)C=Cc1ccccc1. The quantitative estimate of drug-likeness (QED) is 0.430. The lowest BCUT2D eigenvalue weighted by atomic mass is 9.90. The van der Waals surface area contributed by atoms with Gasteiger partial charge in [-0.3, -0.25) is 4.79 Å². The summed E-state index contributed by atoms with van der Waals surface area (Å²) in [6.07, 6.45) is 2.99. The molecule has 1 amide bonds.